The fraction of sp³-hybridized carbons (Fsp3) is 0. The van der Waals surface area contributed by atoms with Crippen LogP contribution in [0.4, 0.5) is 0 Å². The van der Waals surface area contributed by atoms with Crippen LogP contribution in [0.25, 0.3) is 132 Å². The van der Waals surface area contributed by atoms with Crippen LogP contribution in [0.15, 0.2) is 211 Å². The maximum Gasteiger partial charge on any atom is 0.144 e. The van der Waals surface area contributed by atoms with Gasteiger partial charge in [-0.05, 0) is 68.7 Å². The molecule has 3 heteroatoms. The second-order valence-electron chi connectivity index (χ2n) is 16.0. The minimum atomic E-state index is 0.888. The normalized spacial score (nSPS) is 11.9. The number of benzene rings is 10. The van der Waals surface area contributed by atoms with Crippen LogP contribution in [-0.2, 0) is 0 Å². The minimum Gasteiger partial charge on any atom is -0.455 e. The summed E-state index contributed by atoms with van der Waals surface area (Å²) in [5.41, 5.74) is 12.4. The minimum absolute atomic E-state index is 0.888. The van der Waals surface area contributed by atoms with Crippen LogP contribution in [0.5, 0.6) is 0 Å². The molecule has 10 aromatic carbocycles. The Labute approximate surface area is 350 Å². The second kappa shape index (κ2) is 13.2. The molecule has 0 spiro atoms. The topological polar surface area (TPSA) is 38.9 Å². The molecule has 0 amide bonds. The predicted octanol–water partition coefficient (Wildman–Crippen LogP) is 16.0. The number of furan rings is 1. The van der Waals surface area contributed by atoms with Crippen molar-refractivity contribution in [3.05, 3.63) is 206 Å². The Morgan fingerprint density at radius 3 is 1.74 bits per heavy atom. The zero-order valence-electron chi connectivity index (χ0n) is 32.9. The van der Waals surface area contributed by atoms with E-state index in [0.29, 0.717) is 0 Å². The molecule has 0 atom stereocenters. The van der Waals surface area contributed by atoms with E-state index in [-0.39, 0.29) is 0 Å². The van der Waals surface area contributed by atoms with Gasteiger partial charge in [0.05, 0.1) is 22.4 Å². The van der Waals surface area contributed by atoms with Crippen molar-refractivity contribution in [2.24, 2.45) is 0 Å². The SMILES string of the molecule is c1ccc(-c2nc3c4ccccc4ccc3c3c2cc(-c2cccc(-c4ccc5c(c4)nc(-c4ccccc4)c4ccc6c7ccccc7oc6c45)c2)c2ccccc23)cc1. The predicted molar refractivity (Wildman–Crippen MR) is 256 cm³/mol. The third kappa shape index (κ3) is 5.17. The molecule has 0 aliphatic carbocycles. The molecule has 13 aromatic rings. The molecule has 3 nitrogen and oxygen atoms in total. The van der Waals surface area contributed by atoms with E-state index in [9.17, 15) is 0 Å². The van der Waals surface area contributed by atoms with Gasteiger partial charge in [0.2, 0.25) is 0 Å². The third-order valence-corrected chi connectivity index (χ3v) is 12.6. The Bertz CT molecular complexity index is 3920. The Hall–Kier alpha value is -8.14. The number of fused-ring (bicyclic) bond motifs is 14. The van der Waals surface area contributed by atoms with Crippen molar-refractivity contribution in [2.45, 2.75) is 0 Å². The van der Waals surface area contributed by atoms with Crippen LogP contribution in [0.3, 0.4) is 0 Å². The molecule has 3 aromatic heterocycles. The lowest BCUT2D eigenvalue weighted by Crippen LogP contribution is -1.94. The van der Waals surface area contributed by atoms with E-state index in [0.717, 1.165) is 104 Å². The average molecular weight is 775 g/mol. The van der Waals surface area contributed by atoms with Crippen LogP contribution in [0.1, 0.15) is 0 Å². The number of rotatable bonds is 4. The van der Waals surface area contributed by atoms with E-state index in [4.69, 9.17) is 14.4 Å². The lowest BCUT2D eigenvalue weighted by Gasteiger charge is -2.17. The van der Waals surface area contributed by atoms with Gasteiger partial charge in [-0.3, -0.25) is 0 Å². The number of aromatic nitrogens is 2. The monoisotopic (exact) mass is 774 g/mol. The molecule has 0 radical (unpaired) electrons. The molecule has 0 saturated carbocycles. The summed E-state index contributed by atoms with van der Waals surface area (Å²) in [6.07, 6.45) is 0. The number of nitrogens with zero attached hydrogens (tertiary/aromatic N) is 2. The molecule has 13 rings (SSSR count). The van der Waals surface area contributed by atoms with E-state index in [2.05, 4.69) is 200 Å². The van der Waals surface area contributed by atoms with Gasteiger partial charge in [0.25, 0.3) is 0 Å². The third-order valence-electron chi connectivity index (χ3n) is 12.6. The first-order valence-corrected chi connectivity index (χ1v) is 20.8. The molecule has 0 saturated heterocycles. The average Bonchev–Trinajstić information content (AvgIpc) is 3.72. The Morgan fingerprint density at radius 2 is 0.918 bits per heavy atom. The lowest BCUT2D eigenvalue weighted by atomic mass is 9.88. The van der Waals surface area contributed by atoms with E-state index in [1.54, 1.807) is 0 Å². The molecule has 0 N–H and O–H groups in total. The van der Waals surface area contributed by atoms with Gasteiger partial charge >= 0.3 is 0 Å². The molecule has 282 valence electrons. The fourth-order valence-corrected chi connectivity index (χ4v) is 9.79. The van der Waals surface area contributed by atoms with Crippen LogP contribution in [-0.4, -0.2) is 9.97 Å². The largest absolute Gasteiger partial charge is 0.455 e. The first-order chi connectivity index (χ1) is 30.2. The van der Waals surface area contributed by atoms with Gasteiger partial charge in [-0.1, -0.05) is 176 Å². The Kier molecular flexibility index (Phi) is 7.31. The zero-order valence-corrected chi connectivity index (χ0v) is 32.9. The molecule has 0 bridgehead atoms. The van der Waals surface area contributed by atoms with Gasteiger partial charge in [0, 0.05) is 59.6 Å². The molecule has 61 heavy (non-hydrogen) atoms. The van der Waals surface area contributed by atoms with Crippen molar-refractivity contribution in [3.63, 3.8) is 0 Å². The molecular formula is C58H34N2O. The van der Waals surface area contributed by atoms with Crippen LogP contribution < -0.4 is 0 Å². The summed E-state index contributed by atoms with van der Waals surface area (Å²) in [6, 6.07) is 73.8. The number of hydrogen-bond donors (Lipinski definition) is 0. The van der Waals surface area contributed by atoms with Gasteiger partial charge in [0.1, 0.15) is 11.2 Å². The molecule has 0 aliphatic rings. The van der Waals surface area contributed by atoms with Gasteiger partial charge in [0.15, 0.2) is 0 Å². The van der Waals surface area contributed by atoms with Crippen molar-refractivity contribution >= 4 is 86.8 Å². The highest BCUT2D eigenvalue weighted by atomic mass is 16.3. The van der Waals surface area contributed by atoms with Gasteiger partial charge in [-0.25, -0.2) is 9.97 Å². The highest BCUT2D eigenvalue weighted by molar-refractivity contribution is 6.28. The lowest BCUT2D eigenvalue weighted by molar-refractivity contribution is 0.673. The number of pyridine rings is 2. The maximum absolute atomic E-state index is 6.66. The highest BCUT2D eigenvalue weighted by Crippen LogP contribution is 2.45. The Morgan fingerprint density at radius 1 is 0.311 bits per heavy atom. The fourth-order valence-electron chi connectivity index (χ4n) is 9.79. The van der Waals surface area contributed by atoms with Crippen LogP contribution in [0.2, 0.25) is 0 Å². The molecular weight excluding hydrogens is 741 g/mol. The van der Waals surface area contributed by atoms with Gasteiger partial charge in [-0.2, -0.15) is 0 Å². The standard InChI is InChI=1S/C58H34N2O/c1-3-15-36(16-4-1)55-48-31-30-45-43-23-11-12-25-52(43)61-58(45)54(48)46-28-27-39(33-51(46)59-55)38-19-13-20-40(32-38)49-34-50-53(44-24-10-9-22-42(44)49)47-29-26-35-14-7-8-21-41(35)57(47)60-56(50)37-17-5-2-6-18-37/h1-34H. The molecule has 3 heterocycles. The smallest absolute Gasteiger partial charge is 0.144 e. The molecule has 0 aliphatic heterocycles. The first kappa shape index (κ1) is 33.8. The van der Waals surface area contributed by atoms with E-state index < -0.39 is 0 Å². The highest BCUT2D eigenvalue weighted by Gasteiger charge is 2.20. The van der Waals surface area contributed by atoms with Gasteiger partial charge in [-0.15, -0.1) is 0 Å². The summed E-state index contributed by atoms with van der Waals surface area (Å²) >= 11 is 0. The van der Waals surface area contributed by atoms with Crippen molar-refractivity contribution in [1.82, 2.24) is 9.97 Å². The summed E-state index contributed by atoms with van der Waals surface area (Å²) in [7, 11) is 0. The first-order valence-electron chi connectivity index (χ1n) is 20.8. The Balaban J connectivity index is 1.04. The molecule has 0 fully saturated rings. The summed E-state index contributed by atoms with van der Waals surface area (Å²) in [5, 5.41) is 13.8. The maximum atomic E-state index is 6.66. The van der Waals surface area contributed by atoms with E-state index in [1.807, 2.05) is 6.07 Å². The second-order valence-corrected chi connectivity index (χ2v) is 16.0. The van der Waals surface area contributed by atoms with Crippen LogP contribution >= 0.6 is 0 Å². The van der Waals surface area contributed by atoms with Crippen LogP contribution in [0, 0.1) is 0 Å². The van der Waals surface area contributed by atoms with Crippen molar-refractivity contribution in [3.8, 4) is 44.8 Å². The number of para-hydroxylation sites is 1. The van der Waals surface area contributed by atoms with E-state index in [1.165, 1.54) is 27.1 Å². The summed E-state index contributed by atoms with van der Waals surface area (Å²) in [5.74, 6) is 0. The summed E-state index contributed by atoms with van der Waals surface area (Å²) in [6.45, 7) is 0. The van der Waals surface area contributed by atoms with Gasteiger partial charge < -0.3 is 4.42 Å². The quantitative estimate of drug-likeness (QED) is 0.167. The van der Waals surface area contributed by atoms with E-state index >= 15 is 0 Å². The summed E-state index contributed by atoms with van der Waals surface area (Å²) in [4.78, 5) is 10.9. The van der Waals surface area contributed by atoms with Crippen molar-refractivity contribution in [2.75, 3.05) is 0 Å². The summed E-state index contributed by atoms with van der Waals surface area (Å²) < 4.78 is 6.66. The zero-order chi connectivity index (χ0) is 40.0. The number of hydrogen-bond acceptors (Lipinski definition) is 3. The van der Waals surface area contributed by atoms with Crippen molar-refractivity contribution < 1.29 is 4.42 Å². The molecule has 0 unspecified atom stereocenters. The van der Waals surface area contributed by atoms with Crippen molar-refractivity contribution in [1.29, 1.82) is 0 Å².